The van der Waals surface area contributed by atoms with E-state index in [-0.39, 0.29) is 5.56 Å². The summed E-state index contributed by atoms with van der Waals surface area (Å²) in [6.45, 7) is 10.0. The van der Waals surface area contributed by atoms with Gasteiger partial charge in [-0.15, -0.1) is 0 Å². The van der Waals surface area contributed by atoms with Crippen LogP contribution in [-0.2, 0) is 6.18 Å². The van der Waals surface area contributed by atoms with Crippen LogP contribution in [0.15, 0.2) is 152 Å². The third-order valence-electron chi connectivity index (χ3n) is 12.0. The zero-order valence-corrected chi connectivity index (χ0v) is 34.4. The fourth-order valence-electron chi connectivity index (χ4n) is 9.61. The highest BCUT2D eigenvalue weighted by molar-refractivity contribution is 6.12. The Hall–Kier alpha value is -7.36. The fraction of sp³-hybridized carbons (Fsp3) is 0.109. The Kier molecular flexibility index (Phi) is 8.78. The van der Waals surface area contributed by atoms with Crippen LogP contribution in [0.5, 0.6) is 0 Å². The average molecular weight is 800 g/mol. The Morgan fingerprint density at radius 2 is 0.869 bits per heavy atom. The minimum Gasteiger partial charge on any atom is -0.308 e. The summed E-state index contributed by atoms with van der Waals surface area (Å²) in [4.78, 5) is 0. The molecule has 2 heterocycles. The molecule has 0 aliphatic heterocycles. The Bertz CT molecular complexity index is 3250. The summed E-state index contributed by atoms with van der Waals surface area (Å²) in [6, 6.07) is 52.2. The first-order valence-corrected chi connectivity index (χ1v) is 20.4. The zero-order valence-electron chi connectivity index (χ0n) is 34.4. The van der Waals surface area contributed by atoms with E-state index in [0.29, 0.717) is 28.1 Å². The summed E-state index contributed by atoms with van der Waals surface area (Å²) >= 11 is 0. The van der Waals surface area contributed by atoms with Crippen molar-refractivity contribution in [1.82, 2.24) is 9.13 Å². The number of para-hydroxylation sites is 2. The van der Waals surface area contributed by atoms with Gasteiger partial charge in [0.2, 0.25) is 0 Å². The van der Waals surface area contributed by atoms with Crippen LogP contribution in [0.25, 0.3) is 88.4 Å². The topological polar surface area (TPSA) is 33.6 Å². The molecule has 6 heteroatoms. The van der Waals surface area contributed by atoms with E-state index in [4.69, 9.17) is 0 Å². The van der Waals surface area contributed by atoms with E-state index in [9.17, 15) is 5.26 Å². The van der Waals surface area contributed by atoms with Gasteiger partial charge in [0.1, 0.15) is 11.6 Å². The maximum atomic E-state index is 15.1. The van der Waals surface area contributed by atoms with Gasteiger partial charge in [0.05, 0.1) is 39.0 Å². The Labute approximate surface area is 352 Å². The van der Waals surface area contributed by atoms with E-state index in [1.807, 2.05) is 36.4 Å². The van der Waals surface area contributed by atoms with Gasteiger partial charge in [0.15, 0.2) is 0 Å². The maximum Gasteiger partial charge on any atom is 0.417 e. The number of fused-ring (bicyclic) bond motifs is 6. The molecule has 0 aliphatic rings. The molecule has 10 rings (SSSR count). The van der Waals surface area contributed by atoms with Crippen molar-refractivity contribution in [2.24, 2.45) is 0 Å². The van der Waals surface area contributed by atoms with Crippen LogP contribution in [0, 0.1) is 45.9 Å². The molecule has 0 amide bonds. The van der Waals surface area contributed by atoms with E-state index in [1.54, 1.807) is 25.1 Å². The lowest BCUT2D eigenvalue weighted by Crippen LogP contribution is -2.10. The number of halogens is 3. The number of rotatable bonds is 5. The minimum absolute atomic E-state index is 0.0791. The Morgan fingerprint density at radius 1 is 0.426 bits per heavy atom. The largest absolute Gasteiger partial charge is 0.417 e. The molecule has 0 saturated carbocycles. The minimum atomic E-state index is -4.63. The molecule has 3 nitrogen and oxygen atoms in total. The number of benzene rings is 8. The van der Waals surface area contributed by atoms with Crippen molar-refractivity contribution in [2.75, 3.05) is 0 Å². The van der Waals surface area contributed by atoms with Gasteiger partial charge in [-0.25, -0.2) is 0 Å². The quantitative estimate of drug-likeness (QED) is 0.171. The number of hydrogen-bond donors (Lipinski definition) is 0. The smallest absolute Gasteiger partial charge is 0.308 e. The van der Waals surface area contributed by atoms with Crippen molar-refractivity contribution in [3.8, 4) is 50.8 Å². The van der Waals surface area contributed by atoms with Crippen LogP contribution in [0.4, 0.5) is 13.2 Å². The van der Waals surface area contributed by atoms with Crippen LogP contribution < -0.4 is 0 Å². The van der Waals surface area contributed by atoms with Crippen molar-refractivity contribution in [3.63, 3.8) is 0 Å². The third kappa shape index (κ3) is 6.28. The summed E-state index contributed by atoms with van der Waals surface area (Å²) < 4.78 is 49.5. The summed E-state index contributed by atoms with van der Waals surface area (Å²) in [5.74, 6) is 0. The monoisotopic (exact) mass is 799 g/mol. The molecule has 10 aromatic rings. The summed E-state index contributed by atoms with van der Waals surface area (Å²) in [6.07, 6.45) is -4.63. The molecule has 61 heavy (non-hydrogen) atoms. The Morgan fingerprint density at radius 3 is 1.31 bits per heavy atom. The fourth-order valence-corrected chi connectivity index (χ4v) is 9.61. The molecule has 0 saturated heterocycles. The van der Waals surface area contributed by atoms with Crippen molar-refractivity contribution < 1.29 is 13.2 Å². The van der Waals surface area contributed by atoms with Gasteiger partial charge in [0, 0.05) is 21.5 Å². The highest BCUT2D eigenvalue weighted by Gasteiger charge is 2.35. The van der Waals surface area contributed by atoms with E-state index in [2.05, 4.69) is 128 Å². The molecule has 296 valence electrons. The van der Waals surface area contributed by atoms with Gasteiger partial charge in [0.25, 0.3) is 0 Å². The number of aryl methyl sites for hydroxylation is 5. The first-order valence-electron chi connectivity index (χ1n) is 20.4. The summed E-state index contributed by atoms with van der Waals surface area (Å²) in [5.41, 5.74) is 13.6. The lowest BCUT2D eigenvalue weighted by molar-refractivity contribution is -0.137. The van der Waals surface area contributed by atoms with E-state index in [1.165, 1.54) is 6.07 Å². The van der Waals surface area contributed by atoms with E-state index < -0.39 is 11.7 Å². The van der Waals surface area contributed by atoms with Crippen LogP contribution in [-0.4, -0.2) is 9.13 Å². The molecule has 0 radical (unpaired) electrons. The number of alkyl halides is 3. The molecule has 0 aliphatic carbocycles. The van der Waals surface area contributed by atoms with Gasteiger partial charge < -0.3 is 9.13 Å². The van der Waals surface area contributed by atoms with Gasteiger partial charge in [-0.3, -0.25) is 0 Å². The number of nitrogens with zero attached hydrogens (tertiary/aromatic N) is 3. The third-order valence-corrected chi connectivity index (χ3v) is 12.0. The predicted molar refractivity (Wildman–Crippen MR) is 245 cm³/mol. The first kappa shape index (κ1) is 37.9. The molecule has 0 unspecified atom stereocenters. The van der Waals surface area contributed by atoms with Gasteiger partial charge >= 0.3 is 6.18 Å². The van der Waals surface area contributed by atoms with E-state index >= 15 is 13.2 Å². The van der Waals surface area contributed by atoms with Crippen LogP contribution >= 0.6 is 0 Å². The van der Waals surface area contributed by atoms with Crippen molar-refractivity contribution in [1.29, 1.82) is 5.26 Å². The van der Waals surface area contributed by atoms with Crippen LogP contribution in [0.2, 0.25) is 0 Å². The average Bonchev–Trinajstić information content (AvgIpc) is 3.74. The predicted octanol–water partition coefficient (Wildman–Crippen LogP) is 15.3. The molecule has 0 N–H and O–H groups in total. The van der Waals surface area contributed by atoms with Crippen LogP contribution in [0.3, 0.4) is 0 Å². The second-order valence-electron chi connectivity index (χ2n) is 16.4. The number of hydrogen-bond acceptors (Lipinski definition) is 1. The number of nitriles is 1. The second kappa shape index (κ2) is 14.1. The SMILES string of the molecule is Cc1cc(C)cc(-c2ccc3c4ccccc4n(-c4cc(-c5c(C)cccc5C(F)(F)F)cc(-n5c6ccccc6c6ccc(-c7cc(C)cc(C)c7)cc65)c4C#N)c3c2)c1. The number of aromatic nitrogens is 2. The molecule has 0 fully saturated rings. The van der Waals surface area contributed by atoms with Gasteiger partial charge in [-0.2, -0.15) is 18.4 Å². The van der Waals surface area contributed by atoms with Gasteiger partial charge in [-0.05, 0) is 116 Å². The highest BCUT2D eigenvalue weighted by atomic mass is 19.4. The zero-order chi connectivity index (χ0) is 42.3. The maximum absolute atomic E-state index is 15.1. The Balaban J connectivity index is 1.37. The standard InChI is InChI=1S/C55H40F3N3/c1-32-21-33(2)24-39(23-32)37-17-19-44-42-12-6-8-15-48(42)60(50(44)27-37)52-29-41(54-36(5)11-10-14-47(54)55(56,57)58)30-53(46(52)31-59)61-49-16-9-7-13-43(49)45-20-18-38(28-51(45)61)40-25-34(3)22-35(4)26-40/h6-30H,1-5H3. The summed E-state index contributed by atoms with van der Waals surface area (Å²) in [7, 11) is 0. The molecule has 0 atom stereocenters. The summed E-state index contributed by atoms with van der Waals surface area (Å²) in [5, 5.41) is 15.4. The van der Waals surface area contributed by atoms with Crippen LogP contribution in [0.1, 0.15) is 38.9 Å². The second-order valence-corrected chi connectivity index (χ2v) is 16.4. The lowest BCUT2D eigenvalue weighted by atomic mass is 9.92. The molecular formula is C55H40F3N3. The molecule has 2 aromatic heterocycles. The van der Waals surface area contributed by atoms with Crippen molar-refractivity contribution in [3.05, 3.63) is 191 Å². The first-order chi connectivity index (χ1) is 29.4. The van der Waals surface area contributed by atoms with Crippen molar-refractivity contribution >= 4 is 43.6 Å². The molecule has 8 aromatic carbocycles. The molecule has 0 bridgehead atoms. The van der Waals surface area contributed by atoms with Crippen molar-refractivity contribution in [2.45, 2.75) is 40.8 Å². The van der Waals surface area contributed by atoms with Gasteiger partial charge in [-0.1, -0.05) is 131 Å². The normalized spacial score (nSPS) is 11.9. The van der Waals surface area contributed by atoms with E-state index in [0.717, 1.165) is 94.2 Å². The lowest BCUT2D eigenvalue weighted by Gasteiger charge is -2.21. The molecular weight excluding hydrogens is 760 g/mol. The molecule has 0 spiro atoms. The highest BCUT2D eigenvalue weighted by Crippen LogP contribution is 2.45.